The molecular formula is C26H18BrN3O3S. The van der Waals surface area contributed by atoms with Crippen molar-refractivity contribution >= 4 is 50.5 Å². The number of carbonyl (C=O) groups excluding carboxylic acids is 1. The van der Waals surface area contributed by atoms with E-state index in [1.807, 2.05) is 36.4 Å². The highest BCUT2D eigenvalue weighted by Gasteiger charge is 2.17. The van der Waals surface area contributed by atoms with Gasteiger partial charge in [-0.3, -0.25) is 14.2 Å². The maximum atomic E-state index is 13.4. The number of nitriles is 1. The van der Waals surface area contributed by atoms with Crippen LogP contribution in [0.1, 0.15) is 5.56 Å². The first-order chi connectivity index (χ1) is 16.5. The summed E-state index contributed by atoms with van der Waals surface area (Å²) in [7, 11) is 1.53. The quantitative estimate of drug-likeness (QED) is 0.424. The number of nitrogens with zero attached hydrogens (tertiary/aromatic N) is 2. The fourth-order valence-corrected chi connectivity index (χ4v) is 4.82. The van der Waals surface area contributed by atoms with Crippen LogP contribution in [0, 0.1) is 11.3 Å². The number of halogens is 1. The number of para-hydroxylation sites is 1. The third kappa shape index (κ3) is 5.01. The molecule has 0 aliphatic carbocycles. The average Bonchev–Trinajstić information content (AvgIpc) is 3.15. The van der Waals surface area contributed by atoms with Crippen molar-refractivity contribution in [3.63, 3.8) is 0 Å². The first kappa shape index (κ1) is 23.2. The van der Waals surface area contributed by atoms with Gasteiger partial charge in [0.05, 0.1) is 17.3 Å². The molecule has 0 fully saturated rings. The standard InChI is InChI=1S/C26H18BrN3O3S/c1-33-21-12-6-9-19(15-21)29-24(31)22(16-28)26-30(20-10-3-2-4-11-20)25(32)23(34-26)14-17-7-5-8-18(27)13-17/h2-15H,1H3,(H,29,31)/b23-14+,26-22+. The number of ether oxygens (including phenoxy) is 1. The van der Waals surface area contributed by atoms with Crippen LogP contribution in [0.2, 0.25) is 0 Å². The van der Waals surface area contributed by atoms with Crippen LogP contribution in [0.25, 0.3) is 17.3 Å². The molecule has 4 aromatic rings. The second-order valence-corrected chi connectivity index (χ2v) is 9.07. The van der Waals surface area contributed by atoms with E-state index in [-0.39, 0.29) is 15.8 Å². The van der Waals surface area contributed by atoms with Gasteiger partial charge >= 0.3 is 0 Å². The molecule has 34 heavy (non-hydrogen) atoms. The normalized spacial score (nSPS) is 12.1. The number of anilines is 1. The number of methoxy groups -OCH3 is 1. The second-order valence-electron chi connectivity index (χ2n) is 7.12. The van der Waals surface area contributed by atoms with Crippen molar-refractivity contribution in [3.05, 3.63) is 108 Å². The highest BCUT2D eigenvalue weighted by molar-refractivity contribution is 9.10. The van der Waals surface area contributed by atoms with E-state index in [1.165, 1.54) is 11.7 Å². The van der Waals surface area contributed by atoms with Gasteiger partial charge in [-0.05, 0) is 48.0 Å². The molecule has 0 aliphatic heterocycles. The van der Waals surface area contributed by atoms with Crippen LogP contribution in [0.5, 0.6) is 5.75 Å². The summed E-state index contributed by atoms with van der Waals surface area (Å²) < 4.78 is 8.13. The highest BCUT2D eigenvalue weighted by Crippen LogP contribution is 2.17. The Morgan fingerprint density at radius 3 is 2.56 bits per heavy atom. The molecule has 1 N–H and O–H groups in total. The second kappa shape index (κ2) is 10.3. The summed E-state index contributed by atoms with van der Waals surface area (Å²) in [6, 6.07) is 25.3. The lowest BCUT2D eigenvalue weighted by Crippen LogP contribution is -2.32. The zero-order valence-electron chi connectivity index (χ0n) is 18.0. The molecule has 0 atom stereocenters. The Labute approximate surface area is 207 Å². The van der Waals surface area contributed by atoms with Crippen LogP contribution in [-0.4, -0.2) is 17.6 Å². The lowest BCUT2D eigenvalue weighted by Gasteiger charge is -2.07. The van der Waals surface area contributed by atoms with Crippen LogP contribution in [0.4, 0.5) is 5.69 Å². The Morgan fingerprint density at radius 2 is 1.85 bits per heavy atom. The zero-order chi connectivity index (χ0) is 24.1. The van der Waals surface area contributed by atoms with E-state index in [4.69, 9.17) is 4.74 Å². The average molecular weight is 532 g/mol. The fraction of sp³-hybridized carbons (Fsp3) is 0.0385. The Morgan fingerprint density at radius 1 is 1.09 bits per heavy atom. The van der Waals surface area contributed by atoms with E-state index < -0.39 is 5.91 Å². The Balaban J connectivity index is 1.93. The molecule has 0 radical (unpaired) electrons. The first-order valence-electron chi connectivity index (χ1n) is 10.1. The molecule has 1 amide bonds. The van der Waals surface area contributed by atoms with Gasteiger partial charge in [0.25, 0.3) is 11.5 Å². The predicted molar refractivity (Wildman–Crippen MR) is 138 cm³/mol. The molecule has 8 heteroatoms. The van der Waals surface area contributed by atoms with Crippen LogP contribution in [0.3, 0.4) is 0 Å². The van der Waals surface area contributed by atoms with Gasteiger partial charge in [0.2, 0.25) is 0 Å². The number of hydrogen-bond donors (Lipinski definition) is 1. The number of benzene rings is 3. The minimum absolute atomic E-state index is 0.164. The predicted octanol–water partition coefficient (Wildman–Crippen LogP) is 3.81. The highest BCUT2D eigenvalue weighted by atomic mass is 79.9. The van der Waals surface area contributed by atoms with Crippen molar-refractivity contribution in [3.8, 4) is 17.5 Å². The molecular weight excluding hydrogens is 514 g/mol. The summed E-state index contributed by atoms with van der Waals surface area (Å²) >= 11 is 4.53. The van der Waals surface area contributed by atoms with Crippen molar-refractivity contribution in [2.45, 2.75) is 0 Å². The van der Waals surface area contributed by atoms with Crippen molar-refractivity contribution in [2.75, 3.05) is 12.4 Å². The van der Waals surface area contributed by atoms with Gasteiger partial charge in [-0.2, -0.15) is 5.26 Å². The monoisotopic (exact) mass is 531 g/mol. The molecule has 0 aliphatic rings. The van der Waals surface area contributed by atoms with E-state index in [1.54, 1.807) is 54.6 Å². The van der Waals surface area contributed by atoms with E-state index in [0.29, 0.717) is 21.7 Å². The largest absolute Gasteiger partial charge is 0.497 e. The van der Waals surface area contributed by atoms with Crippen molar-refractivity contribution in [1.29, 1.82) is 5.26 Å². The van der Waals surface area contributed by atoms with Crippen molar-refractivity contribution in [1.82, 2.24) is 4.57 Å². The summed E-state index contributed by atoms with van der Waals surface area (Å²) in [5.41, 5.74) is 1.38. The minimum Gasteiger partial charge on any atom is -0.497 e. The fourth-order valence-electron chi connectivity index (χ4n) is 3.30. The zero-order valence-corrected chi connectivity index (χ0v) is 20.4. The smallest absolute Gasteiger partial charge is 0.273 e. The molecule has 3 aromatic carbocycles. The van der Waals surface area contributed by atoms with Gasteiger partial charge in [0.1, 0.15) is 16.5 Å². The van der Waals surface area contributed by atoms with Crippen LogP contribution in [-0.2, 0) is 4.79 Å². The van der Waals surface area contributed by atoms with E-state index in [2.05, 4.69) is 21.2 Å². The van der Waals surface area contributed by atoms with Gasteiger partial charge in [0, 0.05) is 16.2 Å². The molecule has 0 spiro atoms. The van der Waals surface area contributed by atoms with E-state index in [0.717, 1.165) is 21.4 Å². The molecule has 0 bridgehead atoms. The van der Waals surface area contributed by atoms with Gasteiger partial charge in [-0.1, -0.05) is 52.3 Å². The number of nitrogens with one attached hydrogen (secondary N) is 1. The Kier molecular flexibility index (Phi) is 7.07. The molecule has 6 nitrogen and oxygen atoms in total. The maximum absolute atomic E-state index is 13.4. The van der Waals surface area contributed by atoms with E-state index >= 15 is 0 Å². The molecule has 0 saturated carbocycles. The third-order valence-corrected chi connectivity index (χ3v) is 6.45. The van der Waals surface area contributed by atoms with Crippen molar-refractivity contribution in [2.24, 2.45) is 0 Å². The van der Waals surface area contributed by atoms with Crippen LogP contribution < -0.4 is 24.8 Å². The van der Waals surface area contributed by atoms with Gasteiger partial charge in [-0.15, -0.1) is 11.3 Å². The molecule has 4 rings (SSSR count). The van der Waals surface area contributed by atoms with Gasteiger partial charge in [-0.25, -0.2) is 0 Å². The number of amides is 1. The lowest BCUT2D eigenvalue weighted by atomic mass is 10.2. The summed E-state index contributed by atoms with van der Waals surface area (Å²) in [6.07, 6.45) is 1.75. The number of aromatic nitrogens is 1. The topological polar surface area (TPSA) is 84.1 Å². The summed E-state index contributed by atoms with van der Waals surface area (Å²) in [4.78, 5) is 26.5. The number of thiazole rings is 1. The number of hydrogen-bond acceptors (Lipinski definition) is 5. The molecule has 168 valence electrons. The van der Waals surface area contributed by atoms with Gasteiger partial charge in [0.15, 0.2) is 5.57 Å². The molecule has 1 aromatic heterocycles. The number of carbonyl (C=O) groups is 1. The number of rotatable bonds is 5. The summed E-state index contributed by atoms with van der Waals surface area (Å²) in [5, 5.41) is 12.7. The Hall–Kier alpha value is -3.93. The lowest BCUT2D eigenvalue weighted by molar-refractivity contribution is -0.111. The van der Waals surface area contributed by atoms with Crippen molar-refractivity contribution < 1.29 is 9.53 Å². The summed E-state index contributed by atoms with van der Waals surface area (Å²) in [5.74, 6) is -0.0461. The van der Waals surface area contributed by atoms with Crippen LogP contribution in [0.15, 0.2) is 88.1 Å². The van der Waals surface area contributed by atoms with Crippen LogP contribution >= 0.6 is 27.3 Å². The maximum Gasteiger partial charge on any atom is 0.273 e. The van der Waals surface area contributed by atoms with E-state index in [9.17, 15) is 14.9 Å². The molecule has 1 heterocycles. The summed E-state index contributed by atoms with van der Waals surface area (Å²) in [6.45, 7) is 0. The molecule has 0 unspecified atom stereocenters. The third-order valence-electron chi connectivity index (χ3n) is 4.86. The SMILES string of the molecule is COc1cccc(NC(=O)/C(C#N)=c2/s/c(=C/c3cccc(Br)c3)c(=O)n2-c2ccccc2)c1. The molecule has 0 saturated heterocycles. The first-order valence-corrected chi connectivity index (χ1v) is 11.8. The Bertz CT molecular complexity index is 1580. The minimum atomic E-state index is -0.615. The van der Waals surface area contributed by atoms with Gasteiger partial charge < -0.3 is 10.1 Å².